The van der Waals surface area contributed by atoms with Crippen molar-refractivity contribution in [3.8, 4) is 0 Å². The molecule has 0 saturated heterocycles. The molecule has 1 heterocycles. The summed E-state index contributed by atoms with van der Waals surface area (Å²) >= 11 is 0. The molecule has 0 atom stereocenters. The Bertz CT molecular complexity index is 416. The van der Waals surface area contributed by atoms with Gasteiger partial charge in [-0.3, -0.25) is 0 Å². The first kappa shape index (κ1) is 8.62. The number of rotatable bonds is 2. The highest BCUT2D eigenvalue weighted by Gasteiger charge is 1.96. The summed E-state index contributed by atoms with van der Waals surface area (Å²) in [5.41, 5.74) is 13.0. The zero-order valence-corrected chi connectivity index (χ0v) is 7.72. The van der Waals surface area contributed by atoms with E-state index in [-0.39, 0.29) is 0 Å². The van der Waals surface area contributed by atoms with E-state index in [9.17, 15) is 0 Å². The fourth-order valence-corrected chi connectivity index (χ4v) is 1.30. The van der Waals surface area contributed by atoms with Crippen molar-refractivity contribution in [3.63, 3.8) is 0 Å². The standard InChI is InChI=1S/C10H12N4/c11-9-3-1-8(2-4-9)5-14-6-10(12)13-7-14/h1-4,6-7H,5,11-12H2. The lowest BCUT2D eigenvalue weighted by Crippen LogP contribution is -1.96. The minimum Gasteiger partial charge on any atom is -0.399 e. The highest BCUT2D eigenvalue weighted by molar-refractivity contribution is 5.39. The summed E-state index contributed by atoms with van der Waals surface area (Å²) in [6.45, 7) is 0.768. The molecule has 2 aromatic rings. The summed E-state index contributed by atoms with van der Waals surface area (Å²) in [6.07, 6.45) is 3.52. The quantitative estimate of drug-likeness (QED) is 0.693. The summed E-state index contributed by atoms with van der Waals surface area (Å²) in [6, 6.07) is 7.75. The maximum Gasteiger partial charge on any atom is 0.141 e. The van der Waals surface area contributed by atoms with Crippen LogP contribution in [0.2, 0.25) is 0 Å². The van der Waals surface area contributed by atoms with E-state index in [0.29, 0.717) is 5.82 Å². The first-order valence-electron chi connectivity index (χ1n) is 4.36. The molecule has 0 bridgehead atoms. The molecule has 0 amide bonds. The van der Waals surface area contributed by atoms with E-state index in [2.05, 4.69) is 4.98 Å². The molecule has 0 saturated carbocycles. The van der Waals surface area contributed by atoms with E-state index in [4.69, 9.17) is 11.5 Å². The number of aromatic nitrogens is 2. The van der Waals surface area contributed by atoms with E-state index in [1.165, 1.54) is 5.56 Å². The van der Waals surface area contributed by atoms with Crippen molar-refractivity contribution in [1.29, 1.82) is 0 Å². The van der Waals surface area contributed by atoms with Crippen molar-refractivity contribution in [2.45, 2.75) is 6.54 Å². The van der Waals surface area contributed by atoms with Crippen LogP contribution in [0.1, 0.15) is 5.56 Å². The van der Waals surface area contributed by atoms with Gasteiger partial charge in [0.1, 0.15) is 5.82 Å². The number of anilines is 2. The average molecular weight is 188 g/mol. The molecule has 0 unspecified atom stereocenters. The van der Waals surface area contributed by atoms with Crippen LogP contribution in [0, 0.1) is 0 Å². The highest BCUT2D eigenvalue weighted by Crippen LogP contribution is 2.08. The van der Waals surface area contributed by atoms with E-state index < -0.39 is 0 Å². The molecule has 0 radical (unpaired) electrons. The summed E-state index contributed by atoms with van der Waals surface area (Å²) in [4.78, 5) is 3.95. The number of nitrogen functional groups attached to an aromatic ring is 2. The molecule has 14 heavy (non-hydrogen) atoms. The number of hydrogen-bond donors (Lipinski definition) is 2. The molecule has 4 nitrogen and oxygen atoms in total. The first-order chi connectivity index (χ1) is 6.74. The van der Waals surface area contributed by atoms with Crippen LogP contribution in [-0.2, 0) is 6.54 Å². The third-order valence-electron chi connectivity index (χ3n) is 2.00. The molecule has 0 aliphatic heterocycles. The van der Waals surface area contributed by atoms with Gasteiger partial charge in [0.15, 0.2) is 0 Å². The monoisotopic (exact) mass is 188 g/mol. The van der Waals surface area contributed by atoms with E-state index in [1.807, 2.05) is 28.8 Å². The summed E-state index contributed by atoms with van der Waals surface area (Å²) in [5, 5.41) is 0. The van der Waals surface area contributed by atoms with Crippen LogP contribution in [-0.4, -0.2) is 9.55 Å². The van der Waals surface area contributed by atoms with Crippen molar-refractivity contribution >= 4 is 11.5 Å². The predicted octanol–water partition coefficient (Wildman–Crippen LogP) is 1.10. The van der Waals surface area contributed by atoms with Gasteiger partial charge in [-0.05, 0) is 17.7 Å². The molecule has 72 valence electrons. The predicted molar refractivity (Wildman–Crippen MR) is 56.6 cm³/mol. The van der Waals surface area contributed by atoms with Gasteiger partial charge in [-0.1, -0.05) is 12.1 Å². The zero-order chi connectivity index (χ0) is 9.97. The van der Waals surface area contributed by atoms with Crippen LogP contribution < -0.4 is 11.5 Å². The topological polar surface area (TPSA) is 69.9 Å². The van der Waals surface area contributed by atoms with Crippen molar-refractivity contribution in [2.75, 3.05) is 11.5 Å². The van der Waals surface area contributed by atoms with E-state index in [0.717, 1.165) is 12.2 Å². The minimum absolute atomic E-state index is 0.542. The SMILES string of the molecule is Nc1ccc(Cn2cnc(N)c2)cc1. The fourth-order valence-electron chi connectivity index (χ4n) is 1.30. The second kappa shape index (κ2) is 3.41. The molecule has 4 heteroatoms. The Hall–Kier alpha value is -1.97. The van der Waals surface area contributed by atoms with Crippen molar-refractivity contribution < 1.29 is 0 Å². The first-order valence-corrected chi connectivity index (χ1v) is 4.36. The molecule has 0 aliphatic carbocycles. The van der Waals surface area contributed by atoms with Gasteiger partial charge in [0, 0.05) is 18.4 Å². The average Bonchev–Trinajstić information content (AvgIpc) is 2.56. The van der Waals surface area contributed by atoms with Gasteiger partial charge in [0.25, 0.3) is 0 Å². The second-order valence-electron chi connectivity index (χ2n) is 3.21. The molecule has 1 aromatic carbocycles. The lowest BCUT2D eigenvalue weighted by molar-refractivity contribution is 0.798. The zero-order valence-electron chi connectivity index (χ0n) is 7.72. The Labute approximate surface area is 82.2 Å². The maximum absolute atomic E-state index is 5.59. The number of imidazole rings is 1. The maximum atomic E-state index is 5.59. The molecule has 0 fully saturated rings. The van der Waals surface area contributed by atoms with Gasteiger partial charge in [-0.2, -0.15) is 0 Å². The number of nitrogens with zero attached hydrogens (tertiary/aromatic N) is 2. The Morgan fingerprint density at radius 1 is 1.14 bits per heavy atom. The Morgan fingerprint density at radius 3 is 2.43 bits per heavy atom. The minimum atomic E-state index is 0.542. The molecule has 0 spiro atoms. The molecular formula is C10H12N4. The van der Waals surface area contributed by atoms with Crippen LogP contribution in [0.5, 0.6) is 0 Å². The van der Waals surface area contributed by atoms with Crippen molar-refractivity contribution in [1.82, 2.24) is 9.55 Å². The Balaban J connectivity index is 2.15. The molecule has 4 N–H and O–H groups in total. The van der Waals surface area contributed by atoms with Crippen LogP contribution in [0.4, 0.5) is 11.5 Å². The number of hydrogen-bond acceptors (Lipinski definition) is 3. The van der Waals surface area contributed by atoms with E-state index in [1.54, 1.807) is 12.5 Å². The summed E-state index contributed by atoms with van der Waals surface area (Å²) in [5.74, 6) is 0.542. The van der Waals surface area contributed by atoms with Crippen LogP contribution in [0.25, 0.3) is 0 Å². The smallest absolute Gasteiger partial charge is 0.141 e. The third-order valence-corrected chi connectivity index (χ3v) is 2.00. The second-order valence-corrected chi connectivity index (χ2v) is 3.21. The largest absolute Gasteiger partial charge is 0.399 e. The van der Waals surface area contributed by atoms with Gasteiger partial charge < -0.3 is 16.0 Å². The Kier molecular flexibility index (Phi) is 2.10. The van der Waals surface area contributed by atoms with Crippen molar-refractivity contribution in [3.05, 3.63) is 42.4 Å². The third kappa shape index (κ3) is 1.85. The molecule has 0 aliphatic rings. The van der Waals surface area contributed by atoms with Gasteiger partial charge in [0.05, 0.1) is 6.33 Å². The number of benzene rings is 1. The lowest BCUT2D eigenvalue weighted by atomic mass is 10.2. The van der Waals surface area contributed by atoms with Gasteiger partial charge in [-0.15, -0.1) is 0 Å². The van der Waals surface area contributed by atoms with Crippen molar-refractivity contribution in [2.24, 2.45) is 0 Å². The molecule has 2 rings (SSSR count). The van der Waals surface area contributed by atoms with Crippen LogP contribution in [0.3, 0.4) is 0 Å². The highest BCUT2D eigenvalue weighted by atomic mass is 15.1. The van der Waals surface area contributed by atoms with Crippen LogP contribution in [0.15, 0.2) is 36.8 Å². The summed E-state index contributed by atoms with van der Waals surface area (Å²) in [7, 11) is 0. The van der Waals surface area contributed by atoms with Gasteiger partial charge in [-0.25, -0.2) is 4.98 Å². The Morgan fingerprint density at radius 2 is 1.86 bits per heavy atom. The van der Waals surface area contributed by atoms with Crippen LogP contribution >= 0.6 is 0 Å². The summed E-state index contributed by atoms with van der Waals surface area (Å²) < 4.78 is 1.93. The lowest BCUT2D eigenvalue weighted by Gasteiger charge is -2.02. The number of nitrogens with two attached hydrogens (primary N) is 2. The normalized spacial score (nSPS) is 10.3. The van der Waals surface area contributed by atoms with Gasteiger partial charge in [0.2, 0.25) is 0 Å². The molecule has 1 aromatic heterocycles. The van der Waals surface area contributed by atoms with Gasteiger partial charge >= 0.3 is 0 Å². The fraction of sp³-hybridized carbons (Fsp3) is 0.100. The molecular weight excluding hydrogens is 176 g/mol. The van der Waals surface area contributed by atoms with E-state index >= 15 is 0 Å².